The van der Waals surface area contributed by atoms with Crippen molar-refractivity contribution in [2.45, 2.75) is 24.2 Å². The van der Waals surface area contributed by atoms with Crippen molar-refractivity contribution in [2.24, 2.45) is 0 Å². The summed E-state index contributed by atoms with van der Waals surface area (Å²) in [7, 11) is 2.31. The van der Waals surface area contributed by atoms with Crippen LogP contribution < -0.4 is 5.43 Å². The largest absolute Gasteiger partial charge is 0.507 e. The highest BCUT2D eigenvalue weighted by atomic mass is 16.5. The summed E-state index contributed by atoms with van der Waals surface area (Å²) in [6, 6.07) is 4.24. The highest BCUT2D eigenvalue weighted by Crippen LogP contribution is 2.38. The molecule has 0 amide bonds. The number of phenols is 1. The lowest BCUT2D eigenvalue weighted by molar-refractivity contribution is -0.194. The second-order valence-corrected chi connectivity index (χ2v) is 5.56. The smallest absolute Gasteiger partial charge is 0.345 e. The minimum Gasteiger partial charge on any atom is -0.507 e. The Balaban J connectivity index is 2.42. The Morgan fingerprint density at radius 3 is 2.71 bits per heavy atom. The predicted octanol–water partition coefficient (Wildman–Crippen LogP) is -0.209. The Hall–Kier alpha value is -2.42. The molecule has 0 saturated carbocycles. The second-order valence-electron chi connectivity index (χ2n) is 5.56. The summed E-state index contributed by atoms with van der Waals surface area (Å²) < 4.78 is 15.3. The van der Waals surface area contributed by atoms with E-state index >= 15 is 0 Å². The maximum Gasteiger partial charge on any atom is 0.345 e. The van der Waals surface area contributed by atoms with Crippen LogP contribution in [0, 0.1) is 0 Å². The van der Waals surface area contributed by atoms with Gasteiger partial charge in [0.1, 0.15) is 28.6 Å². The van der Waals surface area contributed by atoms with Gasteiger partial charge in [-0.2, -0.15) is 0 Å². The molecule has 1 aromatic carbocycles. The van der Waals surface area contributed by atoms with Crippen LogP contribution in [-0.4, -0.2) is 47.7 Å². The molecule has 3 atom stereocenters. The van der Waals surface area contributed by atoms with Crippen LogP contribution in [0.4, 0.5) is 0 Å². The molecule has 0 aliphatic heterocycles. The lowest BCUT2D eigenvalue weighted by Gasteiger charge is -2.38. The third kappa shape index (κ3) is 2.04. The molecule has 24 heavy (non-hydrogen) atoms. The summed E-state index contributed by atoms with van der Waals surface area (Å²) in [6.45, 7) is 0. The highest BCUT2D eigenvalue weighted by molar-refractivity contribution is 5.88. The van der Waals surface area contributed by atoms with Crippen LogP contribution in [0.3, 0.4) is 0 Å². The minimum atomic E-state index is -2.67. The fourth-order valence-electron chi connectivity index (χ4n) is 3.10. The first-order valence-electron chi connectivity index (χ1n) is 7.16. The van der Waals surface area contributed by atoms with Crippen molar-refractivity contribution in [3.63, 3.8) is 0 Å². The summed E-state index contributed by atoms with van der Waals surface area (Å²) in [4.78, 5) is 25.0. The molecule has 8 nitrogen and oxygen atoms in total. The van der Waals surface area contributed by atoms with E-state index in [-0.39, 0.29) is 28.9 Å². The van der Waals surface area contributed by atoms with Gasteiger partial charge in [-0.3, -0.25) is 4.79 Å². The van der Waals surface area contributed by atoms with E-state index in [1.807, 2.05) is 0 Å². The first-order valence-corrected chi connectivity index (χ1v) is 7.16. The van der Waals surface area contributed by atoms with Crippen molar-refractivity contribution in [1.29, 1.82) is 0 Å². The quantitative estimate of drug-likeness (QED) is 0.643. The zero-order valence-electron chi connectivity index (χ0n) is 13.0. The molecule has 0 saturated heterocycles. The summed E-state index contributed by atoms with van der Waals surface area (Å²) in [6.07, 6.45) is -2.76. The van der Waals surface area contributed by atoms with Gasteiger partial charge in [-0.15, -0.1) is 0 Å². The number of esters is 1. The van der Waals surface area contributed by atoms with Crippen LogP contribution in [0.25, 0.3) is 11.0 Å². The van der Waals surface area contributed by atoms with Gasteiger partial charge in [0.2, 0.25) is 11.0 Å². The molecule has 0 spiro atoms. The Labute approximate surface area is 135 Å². The maximum atomic E-state index is 12.8. The SMILES string of the molecule is COC(=O)[C@@]1(O)c2c(oc3cccc(O)c3c2=O)C[C@H](OC)[C@H]1O. The number of rotatable bonds is 2. The van der Waals surface area contributed by atoms with E-state index in [0.29, 0.717) is 0 Å². The molecule has 3 N–H and O–H groups in total. The number of methoxy groups -OCH3 is 2. The number of carbonyl (C=O) groups excluding carboxylic acids is 1. The standard InChI is InChI=1S/C16H16O8/c1-22-10-6-9-12(16(21,14(10)19)15(20)23-2)13(18)11-7(17)4-3-5-8(11)24-9/h3-5,10,14,17,19,21H,6H2,1-2H3/t10-,14+,16+/m0/s1. The van der Waals surface area contributed by atoms with Crippen molar-refractivity contribution < 1.29 is 34.0 Å². The molecule has 0 fully saturated rings. The average Bonchev–Trinajstić information content (AvgIpc) is 2.56. The van der Waals surface area contributed by atoms with E-state index in [2.05, 4.69) is 4.74 Å². The first kappa shape index (κ1) is 16.4. The number of hydrogen-bond acceptors (Lipinski definition) is 8. The van der Waals surface area contributed by atoms with Gasteiger partial charge in [0.15, 0.2) is 0 Å². The third-order valence-corrected chi connectivity index (χ3v) is 4.32. The second kappa shape index (κ2) is 5.59. The van der Waals surface area contributed by atoms with E-state index < -0.39 is 34.8 Å². The molecule has 0 unspecified atom stereocenters. The minimum absolute atomic E-state index is 0.0110. The van der Waals surface area contributed by atoms with E-state index in [1.54, 1.807) is 0 Å². The molecular weight excluding hydrogens is 320 g/mol. The normalized spacial score (nSPS) is 26.2. The number of aromatic hydroxyl groups is 1. The average molecular weight is 336 g/mol. The van der Waals surface area contributed by atoms with Gasteiger partial charge in [0.05, 0.1) is 18.8 Å². The lowest BCUT2D eigenvalue weighted by atomic mass is 9.77. The monoisotopic (exact) mass is 336 g/mol. The summed E-state index contributed by atoms with van der Waals surface area (Å²) in [5, 5.41) is 31.0. The van der Waals surface area contributed by atoms with Gasteiger partial charge in [-0.25, -0.2) is 4.79 Å². The molecule has 1 aliphatic rings. The zero-order chi connectivity index (χ0) is 17.6. The number of carbonyl (C=O) groups is 1. The van der Waals surface area contributed by atoms with Crippen molar-refractivity contribution in [1.82, 2.24) is 0 Å². The van der Waals surface area contributed by atoms with Gasteiger partial charge >= 0.3 is 5.97 Å². The zero-order valence-corrected chi connectivity index (χ0v) is 13.0. The Kier molecular flexibility index (Phi) is 3.83. The Bertz CT molecular complexity index is 870. The molecule has 2 aromatic rings. The molecule has 1 aliphatic carbocycles. The number of hydrogen-bond donors (Lipinski definition) is 3. The Morgan fingerprint density at radius 2 is 2.08 bits per heavy atom. The molecule has 1 heterocycles. The molecule has 3 rings (SSSR count). The summed E-state index contributed by atoms with van der Waals surface area (Å²) >= 11 is 0. The fourth-order valence-corrected chi connectivity index (χ4v) is 3.10. The van der Waals surface area contributed by atoms with Gasteiger partial charge < -0.3 is 29.2 Å². The van der Waals surface area contributed by atoms with Gasteiger partial charge in [-0.05, 0) is 12.1 Å². The van der Waals surface area contributed by atoms with Crippen molar-refractivity contribution in [2.75, 3.05) is 14.2 Å². The number of benzene rings is 1. The van der Waals surface area contributed by atoms with Gasteiger partial charge in [-0.1, -0.05) is 6.07 Å². The van der Waals surface area contributed by atoms with Crippen LogP contribution >= 0.6 is 0 Å². The fraction of sp³-hybridized carbons (Fsp3) is 0.375. The third-order valence-electron chi connectivity index (χ3n) is 4.32. The molecular formula is C16H16O8. The van der Waals surface area contributed by atoms with E-state index in [1.165, 1.54) is 25.3 Å². The van der Waals surface area contributed by atoms with Crippen LogP contribution in [-0.2, 0) is 26.3 Å². The van der Waals surface area contributed by atoms with Crippen molar-refractivity contribution in [3.8, 4) is 5.75 Å². The van der Waals surface area contributed by atoms with Crippen LogP contribution in [0.1, 0.15) is 11.3 Å². The molecule has 0 bridgehead atoms. The summed E-state index contributed by atoms with van der Waals surface area (Å²) in [5.74, 6) is -1.59. The Morgan fingerprint density at radius 1 is 1.38 bits per heavy atom. The topological polar surface area (TPSA) is 126 Å². The van der Waals surface area contributed by atoms with Crippen LogP contribution in [0.2, 0.25) is 0 Å². The van der Waals surface area contributed by atoms with Crippen LogP contribution in [0.15, 0.2) is 27.4 Å². The van der Waals surface area contributed by atoms with Gasteiger partial charge in [0.25, 0.3) is 0 Å². The molecule has 0 radical (unpaired) electrons. The van der Waals surface area contributed by atoms with E-state index in [0.717, 1.165) is 7.11 Å². The number of aliphatic hydroxyl groups is 2. The van der Waals surface area contributed by atoms with E-state index in [9.17, 15) is 24.9 Å². The number of fused-ring (bicyclic) bond motifs is 2. The lowest BCUT2D eigenvalue weighted by Crippen LogP contribution is -2.59. The van der Waals surface area contributed by atoms with E-state index in [4.69, 9.17) is 9.15 Å². The maximum absolute atomic E-state index is 12.8. The molecule has 1 aromatic heterocycles. The summed E-state index contributed by atoms with van der Waals surface area (Å²) in [5.41, 5.74) is -3.84. The number of aliphatic hydroxyl groups excluding tert-OH is 1. The number of ether oxygens (including phenoxy) is 2. The molecule has 8 heteroatoms. The predicted molar refractivity (Wildman–Crippen MR) is 80.6 cm³/mol. The molecule has 128 valence electrons. The van der Waals surface area contributed by atoms with Crippen molar-refractivity contribution in [3.05, 3.63) is 39.7 Å². The van der Waals surface area contributed by atoms with Crippen molar-refractivity contribution >= 4 is 16.9 Å². The first-order chi connectivity index (χ1) is 11.4. The number of phenolic OH excluding ortho intramolecular Hbond substituents is 1. The van der Waals surface area contributed by atoms with Gasteiger partial charge in [0, 0.05) is 13.5 Å². The van der Waals surface area contributed by atoms with Crippen LogP contribution in [0.5, 0.6) is 5.75 Å². The highest BCUT2D eigenvalue weighted by Gasteiger charge is 2.56.